The van der Waals surface area contributed by atoms with Gasteiger partial charge in [0.2, 0.25) is 0 Å². The summed E-state index contributed by atoms with van der Waals surface area (Å²) in [5, 5.41) is 1.11. The maximum absolute atomic E-state index is 5.87. The van der Waals surface area contributed by atoms with Crippen LogP contribution in [0, 0.1) is 5.92 Å². The second-order valence-electron chi connectivity index (χ2n) is 4.76. The number of rotatable bonds is 3. The van der Waals surface area contributed by atoms with Crippen molar-refractivity contribution in [3.05, 3.63) is 28.2 Å². The Kier molecular flexibility index (Phi) is 4.76. The van der Waals surface area contributed by atoms with E-state index in [0.717, 1.165) is 0 Å². The van der Waals surface area contributed by atoms with Crippen molar-refractivity contribution in [3.8, 4) is 0 Å². The third-order valence-corrected chi connectivity index (χ3v) is 3.21. The lowest BCUT2D eigenvalue weighted by Crippen LogP contribution is -2.23. The highest BCUT2D eigenvalue weighted by atomic mass is 35.5. The number of halogens is 2. The van der Waals surface area contributed by atoms with Crippen LogP contribution in [0.5, 0.6) is 0 Å². The van der Waals surface area contributed by atoms with Gasteiger partial charge in [0.25, 0.3) is 0 Å². The molecular weight excluding hydrogens is 255 g/mol. The fraction of sp³-hybridized carbons (Fsp3) is 0.462. The van der Waals surface area contributed by atoms with Crippen LogP contribution in [0.4, 0.5) is 5.69 Å². The molecule has 0 aromatic heterocycles. The summed E-state index contributed by atoms with van der Waals surface area (Å²) < 4.78 is 0. The van der Waals surface area contributed by atoms with E-state index in [1.807, 2.05) is 13.8 Å². The van der Waals surface area contributed by atoms with E-state index in [4.69, 9.17) is 23.2 Å². The number of aliphatic imine (C=N–C) groups is 2. The molecule has 92 valence electrons. The van der Waals surface area contributed by atoms with Gasteiger partial charge < -0.3 is 0 Å². The lowest BCUT2D eigenvalue weighted by Gasteiger charge is -2.21. The molecule has 0 aliphatic carbocycles. The zero-order chi connectivity index (χ0) is 13.1. The molecule has 4 heteroatoms. The van der Waals surface area contributed by atoms with Gasteiger partial charge >= 0.3 is 0 Å². The molecule has 0 aliphatic rings. The third-order valence-electron chi connectivity index (χ3n) is 2.78. The van der Waals surface area contributed by atoms with Gasteiger partial charge in [0.1, 0.15) is 0 Å². The molecule has 0 saturated carbocycles. The predicted octanol–water partition coefficient (Wildman–Crippen LogP) is 5.23. The summed E-state index contributed by atoms with van der Waals surface area (Å²) in [5.74, 6) is 0.424. The number of benzene rings is 1. The zero-order valence-corrected chi connectivity index (χ0v) is 12.0. The van der Waals surface area contributed by atoms with Gasteiger partial charge in [0.15, 0.2) is 0 Å². The summed E-state index contributed by atoms with van der Waals surface area (Å²) in [7, 11) is 0. The highest BCUT2D eigenvalue weighted by Crippen LogP contribution is 2.24. The molecule has 1 rings (SSSR count). The van der Waals surface area contributed by atoms with Crippen molar-refractivity contribution in [1.82, 2.24) is 0 Å². The van der Waals surface area contributed by atoms with Crippen LogP contribution < -0.4 is 0 Å². The normalized spacial score (nSPS) is 11.2. The van der Waals surface area contributed by atoms with Crippen LogP contribution in [0.3, 0.4) is 0 Å². The second kappa shape index (κ2) is 5.68. The molecule has 17 heavy (non-hydrogen) atoms. The Morgan fingerprint density at radius 3 is 2.12 bits per heavy atom. The van der Waals surface area contributed by atoms with E-state index in [-0.39, 0.29) is 5.54 Å². The van der Waals surface area contributed by atoms with Crippen molar-refractivity contribution < 1.29 is 0 Å². The van der Waals surface area contributed by atoms with Crippen LogP contribution in [0.15, 0.2) is 28.2 Å². The third kappa shape index (κ3) is 4.51. The Morgan fingerprint density at radius 1 is 1.12 bits per heavy atom. The Bertz CT molecular complexity index is 438. The lowest BCUT2D eigenvalue weighted by molar-refractivity contribution is 0.378. The van der Waals surface area contributed by atoms with Crippen LogP contribution in [-0.4, -0.2) is 11.5 Å². The van der Waals surface area contributed by atoms with E-state index in [1.54, 1.807) is 18.2 Å². The molecule has 0 saturated heterocycles. The highest BCUT2D eigenvalue weighted by molar-refractivity contribution is 6.35. The SMILES string of the molecule is CC(C)C(C)(C)N=C=Nc1cc(Cl)cc(Cl)c1. The minimum Gasteiger partial charge on any atom is -0.219 e. The standard InChI is InChI=1S/C13H16Cl2N2/c1-9(2)13(3,4)17-8-16-12-6-10(14)5-11(15)7-12/h5-7,9H,1-4H3. The van der Waals surface area contributed by atoms with Crippen molar-refractivity contribution in [2.75, 3.05) is 0 Å². The zero-order valence-electron chi connectivity index (χ0n) is 10.5. The van der Waals surface area contributed by atoms with Gasteiger partial charge in [0, 0.05) is 10.0 Å². The van der Waals surface area contributed by atoms with Gasteiger partial charge in [-0.05, 0) is 38.0 Å². The molecule has 0 spiro atoms. The molecular formula is C13H16Cl2N2. The molecule has 0 heterocycles. The molecule has 0 radical (unpaired) electrons. The van der Waals surface area contributed by atoms with E-state index < -0.39 is 0 Å². The summed E-state index contributed by atoms with van der Waals surface area (Å²) in [6, 6.07) is 7.82. The van der Waals surface area contributed by atoms with Gasteiger partial charge in [0.05, 0.1) is 17.2 Å². The molecule has 0 bridgehead atoms. The Morgan fingerprint density at radius 2 is 1.65 bits per heavy atom. The topological polar surface area (TPSA) is 24.7 Å². The second-order valence-corrected chi connectivity index (χ2v) is 5.63. The molecule has 0 unspecified atom stereocenters. The Hall–Kier alpha value is -0.820. The first-order valence-corrected chi connectivity index (χ1v) is 6.20. The van der Waals surface area contributed by atoms with Gasteiger partial charge in [-0.15, -0.1) is 0 Å². The quantitative estimate of drug-likeness (QED) is 0.672. The van der Waals surface area contributed by atoms with Crippen LogP contribution in [0.25, 0.3) is 0 Å². The van der Waals surface area contributed by atoms with Gasteiger partial charge in [-0.25, -0.2) is 4.99 Å². The molecule has 0 amide bonds. The molecule has 0 fully saturated rings. The molecule has 2 nitrogen and oxygen atoms in total. The van der Waals surface area contributed by atoms with E-state index in [9.17, 15) is 0 Å². The minimum absolute atomic E-state index is 0.175. The van der Waals surface area contributed by atoms with Gasteiger partial charge in [-0.3, -0.25) is 0 Å². The Balaban J connectivity index is 2.94. The first-order chi connectivity index (χ1) is 7.81. The van der Waals surface area contributed by atoms with Crippen molar-refractivity contribution >= 4 is 34.9 Å². The maximum Gasteiger partial charge on any atom is 0.0954 e. The highest BCUT2D eigenvalue weighted by Gasteiger charge is 2.20. The fourth-order valence-corrected chi connectivity index (χ4v) is 1.46. The number of hydrogen-bond acceptors (Lipinski definition) is 2. The van der Waals surface area contributed by atoms with Gasteiger partial charge in [-0.2, -0.15) is 4.99 Å². The monoisotopic (exact) mass is 270 g/mol. The fourth-order valence-electron chi connectivity index (χ4n) is 0.945. The van der Waals surface area contributed by atoms with E-state index in [0.29, 0.717) is 21.7 Å². The number of nitrogens with zero attached hydrogens (tertiary/aromatic N) is 2. The van der Waals surface area contributed by atoms with Crippen molar-refractivity contribution in [1.29, 1.82) is 0 Å². The summed E-state index contributed by atoms with van der Waals surface area (Å²) >= 11 is 11.7. The molecule has 1 aromatic carbocycles. The molecule has 0 atom stereocenters. The average Bonchev–Trinajstić information content (AvgIpc) is 2.15. The van der Waals surface area contributed by atoms with E-state index in [1.165, 1.54) is 0 Å². The van der Waals surface area contributed by atoms with Gasteiger partial charge in [-0.1, -0.05) is 37.0 Å². The average molecular weight is 271 g/mol. The van der Waals surface area contributed by atoms with E-state index >= 15 is 0 Å². The van der Waals surface area contributed by atoms with Crippen LogP contribution in [-0.2, 0) is 0 Å². The summed E-state index contributed by atoms with van der Waals surface area (Å²) in [6.45, 7) is 8.32. The maximum atomic E-state index is 5.87. The first-order valence-electron chi connectivity index (χ1n) is 5.45. The molecule has 1 aromatic rings. The van der Waals surface area contributed by atoms with Crippen molar-refractivity contribution in [2.24, 2.45) is 15.9 Å². The van der Waals surface area contributed by atoms with Crippen LogP contribution >= 0.6 is 23.2 Å². The van der Waals surface area contributed by atoms with Crippen molar-refractivity contribution in [2.45, 2.75) is 33.2 Å². The first kappa shape index (κ1) is 14.2. The molecule has 0 aliphatic heterocycles. The summed E-state index contributed by atoms with van der Waals surface area (Å²) in [4.78, 5) is 8.42. The largest absolute Gasteiger partial charge is 0.219 e. The summed E-state index contributed by atoms with van der Waals surface area (Å²) in [6.07, 6.45) is 0. The smallest absolute Gasteiger partial charge is 0.0954 e. The molecule has 0 N–H and O–H groups in total. The van der Waals surface area contributed by atoms with Crippen LogP contribution in [0.2, 0.25) is 10.0 Å². The van der Waals surface area contributed by atoms with Crippen LogP contribution in [0.1, 0.15) is 27.7 Å². The number of hydrogen-bond donors (Lipinski definition) is 0. The lowest BCUT2D eigenvalue weighted by atomic mass is 9.92. The van der Waals surface area contributed by atoms with Crippen molar-refractivity contribution in [3.63, 3.8) is 0 Å². The minimum atomic E-state index is -0.175. The Labute approximate surface area is 112 Å². The summed E-state index contributed by atoms with van der Waals surface area (Å²) in [5.41, 5.74) is 0.483. The van der Waals surface area contributed by atoms with E-state index in [2.05, 4.69) is 29.8 Å². The predicted molar refractivity (Wildman–Crippen MR) is 74.9 cm³/mol.